The highest BCUT2D eigenvalue weighted by molar-refractivity contribution is 5.88. The molecule has 0 fully saturated rings. The van der Waals surface area contributed by atoms with Gasteiger partial charge in [0.15, 0.2) is 0 Å². The van der Waals surface area contributed by atoms with E-state index < -0.39 is 0 Å². The van der Waals surface area contributed by atoms with Gasteiger partial charge in [0.05, 0.1) is 11.5 Å². The van der Waals surface area contributed by atoms with Crippen molar-refractivity contribution in [2.24, 2.45) is 5.92 Å². The Bertz CT molecular complexity index is 443. The summed E-state index contributed by atoms with van der Waals surface area (Å²) in [5, 5.41) is 2.85. The molecule has 0 saturated carbocycles. The average molecular weight is 337 g/mol. The highest BCUT2D eigenvalue weighted by atomic mass is 16.6. The van der Waals surface area contributed by atoms with Crippen molar-refractivity contribution in [3.8, 4) is 0 Å². The molecule has 1 N–H and O–H groups in total. The van der Waals surface area contributed by atoms with Gasteiger partial charge in [0.25, 0.3) is 0 Å². The van der Waals surface area contributed by atoms with E-state index in [1.165, 1.54) is 19.3 Å². The molecule has 0 bridgehead atoms. The molecule has 0 aromatic heterocycles. The van der Waals surface area contributed by atoms with Gasteiger partial charge >= 0.3 is 11.9 Å². The predicted octanol–water partition coefficient (Wildman–Crippen LogP) is 3.85. The summed E-state index contributed by atoms with van der Waals surface area (Å²) >= 11 is 0. The van der Waals surface area contributed by atoms with Crippen molar-refractivity contribution in [1.29, 1.82) is 0 Å². The van der Waals surface area contributed by atoms with Gasteiger partial charge in [-0.15, -0.1) is 0 Å². The van der Waals surface area contributed by atoms with Gasteiger partial charge < -0.3 is 14.8 Å². The third-order valence-corrected chi connectivity index (χ3v) is 4.01. The second-order valence-electron chi connectivity index (χ2n) is 6.08. The summed E-state index contributed by atoms with van der Waals surface area (Å²) in [5.74, 6) is -0.559. The van der Waals surface area contributed by atoms with E-state index in [1.807, 2.05) is 6.08 Å². The molecule has 1 atom stereocenters. The highest BCUT2D eigenvalue weighted by Gasteiger charge is 2.19. The van der Waals surface area contributed by atoms with Crippen LogP contribution in [0.5, 0.6) is 0 Å². The molecule has 0 amide bonds. The molecular formula is C19H31NO4. The fourth-order valence-corrected chi connectivity index (χ4v) is 2.64. The van der Waals surface area contributed by atoms with Crippen molar-refractivity contribution in [3.63, 3.8) is 0 Å². The smallest absolute Gasteiger partial charge is 0.335 e. The second-order valence-corrected chi connectivity index (χ2v) is 6.08. The molecule has 0 aliphatic carbocycles. The number of unbranched alkanes of at least 4 members (excludes halogenated alkanes) is 3. The van der Waals surface area contributed by atoms with Crippen LogP contribution in [-0.2, 0) is 19.1 Å². The summed E-state index contributed by atoms with van der Waals surface area (Å²) < 4.78 is 10.4. The highest BCUT2D eigenvalue weighted by Crippen LogP contribution is 2.18. The quantitative estimate of drug-likeness (QED) is 0.433. The van der Waals surface area contributed by atoms with Crippen LogP contribution in [0.4, 0.5) is 0 Å². The lowest BCUT2D eigenvalue weighted by molar-refractivity contribution is -0.154. The summed E-state index contributed by atoms with van der Waals surface area (Å²) in [5.41, 5.74) is 0.573. The van der Waals surface area contributed by atoms with Crippen LogP contribution in [0.3, 0.4) is 0 Å². The Morgan fingerprint density at radius 1 is 1.08 bits per heavy atom. The molecule has 0 radical (unpaired) electrons. The molecule has 0 aromatic rings. The van der Waals surface area contributed by atoms with Crippen molar-refractivity contribution in [3.05, 3.63) is 24.0 Å². The Kier molecular flexibility index (Phi) is 10.7. The van der Waals surface area contributed by atoms with E-state index >= 15 is 0 Å². The van der Waals surface area contributed by atoms with Crippen LogP contribution in [-0.4, -0.2) is 25.2 Å². The predicted molar refractivity (Wildman–Crippen MR) is 94.1 cm³/mol. The van der Waals surface area contributed by atoms with Crippen LogP contribution in [0, 0.1) is 5.92 Å². The molecule has 1 aliphatic rings. The monoisotopic (exact) mass is 337 g/mol. The maximum atomic E-state index is 12.2. The maximum absolute atomic E-state index is 12.2. The van der Waals surface area contributed by atoms with E-state index in [2.05, 4.69) is 19.2 Å². The minimum atomic E-state index is -0.368. The largest absolute Gasteiger partial charge is 0.462 e. The van der Waals surface area contributed by atoms with E-state index in [0.29, 0.717) is 12.0 Å². The first-order valence-corrected chi connectivity index (χ1v) is 9.12. The normalized spacial score (nSPS) is 14.5. The zero-order valence-corrected chi connectivity index (χ0v) is 15.0. The Labute approximate surface area is 145 Å². The molecule has 0 spiro atoms. The molecule has 1 rings (SSSR count). The second kappa shape index (κ2) is 12.6. The Morgan fingerprint density at radius 3 is 2.54 bits per heavy atom. The summed E-state index contributed by atoms with van der Waals surface area (Å²) in [4.78, 5) is 23.9. The van der Waals surface area contributed by atoms with Crippen LogP contribution in [0.1, 0.15) is 65.2 Å². The van der Waals surface area contributed by atoms with Gasteiger partial charge in [-0.3, -0.25) is 4.79 Å². The summed E-state index contributed by atoms with van der Waals surface area (Å²) in [6.45, 7) is 4.47. The van der Waals surface area contributed by atoms with Gasteiger partial charge in [-0.1, -0.05) is 52.0 Å². The lowest BCUT2D eigenvalue weighted by atomic mass is 9.96. The minimum absolute atomic E-state index is 0.0297. The molecule has 1 aliphatic heterocycles. The van der Waals surface area contributed by atoms with E-state index in [4.69, 9.17) is 9.47 Å². The first-order valence-electron chi connectivity index (χ1n) is 9.12. The van der Waals surface area contributed by atoms with E-state index in [0.717, 1.165) is 25.7 Å². The first kappa shape index (κ1) is 20.3. The van der Waals surface area contributed by atoms with Gasteiger partial charge in [0, 0.05) is 12.6 Å². The number of rotatable bonds is 12. The van der Waals surface area contributed by atoms with Gasteiger partial charge in [0.1, 0.15) is 13.2 Å². The van der Waals surface area contributed by atoms with Crippen LogP contribution < -0.4 is 5.32 Å². The first-order chi connectivity index (χ1) is 11.7. The van der Waals surface area contributed by atoms with Crippen molar-refractivity contribution in [1.82, 2.24) is 5.32 Å². The Morgan fingerprint density at radius 2 is 1.88 bits per heavy atom. The number of allylic oxidation sites excluding steroid dienone is 1. The lowest BCUT2D eigenvalue weighted by Gasteiger charge is -2.15. The molecule has 0 aromatic carbocycles. The van der Waals surface area contributed by atoms with Gasteiger partial charge in [0.2, 0.25) is 0 Å². The Hall–Kier alpha value is -1.78. The number of hydrogen-bond donors (Lipinski definition) is 1. The molecular weight excluding hydrogens is 306 g/mol. The van der Waals surface area contributed by atoms with E-state index in [1.54, 1.807) is 12.4 Å². The summed E-state index contributed by atoms with van der Waals surface area (Å²) in [6, 6.07) is 0. The average Bonchev–Trinajstić information content (AvgIpc) is 2.61. The zero-order valence-electron chi connectivity index (χ0n) is 15.0. The number of nitrogens with one attached hydrogen (secondary N) is 1. The molecule has 5 nitrogen and oxygen atoms in total. The molecule has 24 heavy (non-hydrogen) atoms. The standard InChI is InChI=1S/C19H31NO4/c1-3-5-6-7-10-16(9-4-2)18(21)23-13-14-24-19(22)17-11-8-12-20-15-17/h8,12,15-16,20H,3-7,9-11,13-14H2,1-2H3/t16-/m0/s1. The van der Waals surface area contributed by atoms with Crippen molar-refractivity contribution in [2.75, 3.05) is 13.2 Å². The lowest BCUT2D eigenvalue weighted by Crippen LogP contribution is -2.21. The molecule has 0 unspecified atom stereocenters. The topological polar surface area (TPSA) is 64.6 Å². The Balaban J connectivity index is 2.21. The third-order valence-electron chi connectivity index (χ3n) is 4.01. The van der Waals surface area contributed by atoms with Gasteiger partial charge in [-0.2, -0.15) is 0 Å². The van der Waals surface area contributed by atoms with Crippen molar-refractivity contribution >= 4 is 11.9 Å². The van der Waals surface area contributed by atoms with Gasteiger partial charge in [-0.25, -0.2) is 4.79 Å². The number of esters is 2. The van der Waals surface area contributed by atoms with Crippen LogP contribution in [0.15, 0.2) is 24.0 Å². The number of hydrogen-bond acceptors (Lipinski definition) is 5. The van der Waals surface area contributed by atoms with Crippen LogP contribution in [0.2, 0.25) is 0 Å². The number of carbonyl (C=O) groups excluding carboxylic acids is 2. The fourth-order valence-electron chi connectivity index (χ4n) is 2.64. The SMILES string of the molecule is CCCCCC[C@H](CCC)C(=O)OCCOC(=O)C1=CNC=CC1. The van der Waals surface area contributed by atoms with Gasteiger partial charge in [-0.05, 0) is 19.0 Å². The van der Waals surface area contributed by atoms with E-state index in [-0.39, 0.29) is 31.1 Å². The minimum Gasteiger partial charge on any atom is -0.462 e. The third kappa shape index (κ3) is 8.18. The molecule has 5 heteroatoms. The van der Waals surface area contributed by atoms with Crippen LogP contribution >= 0.6 is 0 Å². The zero-order chi connectivity index (χ0) is 17.6. The number of ether oxygens (including phenoxy) is 2. The van der Waals surface area contributed by atoms with E-state index in [9.17, 15) is 9.59 Å². The number of carbonyl (C=O) groups is 2. The van der Waals surface area contributed by atoms with Crippen molar-refractivity contribution in [2.45, 2.75) is 65.2 Å². The molecule has 136 valence electrons. The number of dihydropyridines is 1. The fraction of sp³-hybridized carbons (Fsp3) is 0.684. The molecule has 1 heterocycles. The van der Waals surface area contributed by atoms with Crippen molar-refractivity contribution < 1.29 is 19.1 Å². The van der Waals surface area contributed by atoms with Crippen LogP contribution in [0.25, 0.3) is 0 Å². The molecule has 0 saturated heterocycles. The maximum Gasteiger partial charge on any atom is 0.335 e. The summed E-state index contributed by atoms with van der Waals surface area (Å²) in [6.07, 6.45) is 13.2. The summed E-state index contributed by atoms with van der Waals surface area (Å²) in [7, 11) is 0.